The first kappa shape index (κ1) is 38.1. The number of ether oxygens (including phenoxy) is 1. The molecule has 5 rings (SSSR count). The van der Waals surface area contributed by atoms with Crippen molar-refractivity contribution in [2.24, 2.45) is 0 Å². The number of carbonyl (C=O) groups is 2. The lowest BCUT2D eigenvalue weighted by molar-refractivity contribution is 0.0696. The molecule has 0 aliphatic heterocycles. The smallest absolute Gasteiger partial charge is 0.335 e. The maximum atomic E-state index is 11.8. The fourth-order valence-electron chi connectivity index (χ4n) is 4.90. The van der Waals surface area contributed by atoms with E-state index >= 15 is 0 Å². The highest BCUT2D eigenvalue weighted by Gasteiger charge is 2.24. The van der Waals surface area contributed by atoms with Gasteiger partial charge in [0, 0.05) is 17.2 Å². The second-order valence-corrected chi connectivity index (χ2v) is 9.76. The van der Waals surface area contributed by atoms with Crippen LogP contribution in [-0.2, 0) is 0 Å². The van der Waals surface area contributed by atoms with Gasteiger partial charge in [-0.1, -0.05) is 111 Å². The van der Waals surface area contributed by atoms with E-state index in [1.54, 1.807) is 25.1 Å². The number of hydrogen-bond donors (Lipinski definition) is 1. The number of hydrogen-bond acceptors (Lipinski definition) is 4. The van der Waals surface area contributed by atoms with E-state index in [0.717, 1.165) is 48.5 Å². The van der Waals surface area contributed by atoms with Gasteiger partial charge in [-0.2, -0.15) is 0 Å². The number of ketones is 1. The van der Waals surface area contributed by atoms with Crippen molar-refractivity contribution in [1.82, 2.24) is 9.55 Å². The number of Topliss-reactive ketones (excluding diaryl/α,β-unsaturated/α-hetero) is 1. The van der Waals surface area contributed by atoms with Gasteiger partial charge in [0.15, 0.2) is 5.78 Å². The monoisotopic (exact) mass is 602 g/mol. The second kappa shape index (κ2) is 21.7. The summed E-state index contributed by atoms with van der Waals surface area (Å²) in [6.45, 7) is 16.6. The molecular weight excluding hydrogens is 548 g/mol. The molecule has 3 aromatic carbocycles. The number of rotatable bonds is 9. The molecule has 0 bridgehead atoms. The first-order chi connectivity index (χ1) is 21.5. The van der Waals surface area contributed by atoms with Crippen LogP contribution in [0.5, 0.6) is 5.75 Å². The van der Waals surface area contributed by atoms with E-state index < -0.39 is 5.97 Å². The van der Waals surface area contributed by atoms with E-state index in [-0.39, 0.29) is 11.3 Å². The standard InChI is InChI=1S/C21H20N2O3.C11H16O.3C2H6/c1-13(24)14-5-4-6-15(11-14)20-22-18-12-16(21(25)26)9-10-19(18)23(20)17-7-2-3-8-17;1-2-3-7-10-12-11-8-5-4-6-9-11;3*1-2/h4-6,9-12,17H,2-3,7-8H2,1H3,(H,25,26);4-6,8-9H,2-3,7,10H2,1H3;3*1-2H3. The third-order valence-electron chi connectivity index (χ3n) is 6.91. The molecule has 0 unspecified atom stereocenters. The van der Waals surface area contributed by atoms with Gasteiger partial charge >= 0.3 is 5.97 Å². The molecule has 44 heavy (non-hydrogen) atoms. The van der Waals surface area contributed by atoms with Crippen molar-refractivity contribution < 1.29 is 19.4 Å². The Kier molecular flexibility index (Phi) is 18.8. The Bertz CT molecular complexity index is 1370. The van der Waals surface area contributed by atoms with Gasteiger partial charge in [0.1, 0.15) is 11.6 Å². The normalized spacial score (nSPS) is 11.8. The molecule has 1 heterocycles. The van der Waals surface area contributed by atoms with Crippen LogP contribution in [0.4, 0.5) is 0 Å². The van der Waals surface area contributed by atoms with Gasteiger partial charge < -0.3 is 14.4 Å². The molecule has 1 aromatic heterocycles. The number of aromatic carboxylic acids is 1. The number of aromatic nitrogens is 2. The van der Waals surface area contributed by atoms with E-state index in [1.807, 2.05) is 96.1 Å². The summed E-state index contributed by atoms with van der Waals surface area (Å²) in [5.74, 6) is 0.845. The van der Waals surface area contributed by atoms with Crippen molar-refractivity contribution in [2.75, 3.05) is 6.61 Å². The molecule has 0 radical (unpaired) electrons. The average Bonchev–Trinajstić information content (AvgIpc) is 3.75. The Balaban J connectivity index is 0.000000453. The minimum absolute atomic E-state index is 0.0172. The third kappa shape index (κ3) is 11.3. The van der Waals surface area contributed by atoms with Gasteiger partial charge in [-0.25, -0.2) is 9.78 Å². The lowest BCUT2D eigenvalue weighted by Gasteiger charge is -2.17. The van der Waals surface area contributed by atoms with Crippen molar-refractivity contribution in [2.45, 2.75) is 106 Å². The van der Waals surface area contributed by atoms with Crippen LogP contribution in [0, 0.1) is 0 Å². The zero-order chi connectivity index (χ0) is 32.9. The summed E-state index contributed by atoms with van der Waals surface area (Å²) in [5, 5.41) is 9.27. The highest BCUT2D eigenvalue weighted by molar-refractivity contribution is 5.96. The largest absolute Gasteiger partial charge is 0.494 e. The van der Waals surface area contributed by atoms with Crippen LogP contribution in [0.25, 0.3) is 22.4 Å². The van der Waals surface area contributed by atoms with Crippen LogP contribution >= 0.6 is 0 Å². The highest BCUT2D eigenvalue weighted by atomic mass is 16.5. The molecule has 1 aliphatic rings. The Labute approximate surface area is 265 Å². The molecule has 1 N–H and O–H groups in total. The summed E-state index contributed by atoms with van der Waals surface area (Å²) in [6.07, 6.45) is 8.21. The molecule has 1 saturated carbocycles. The quantitative estimate of drug-likeness (QED) is 0.152. The zero-order valence-electron chi connectivity index (χ0n) is 28.2. The number of unbranched alkanes of at least 4 members (excludes halogenated alkanes) is 2. The Hall–Kier alpha value is -3.93. The number of imidazole rings is 1. The molecule has 1 aliphatic carbocycles. The van der Waals surface area contributed by atoms with Gasteiger partial charge in [-0.15, -0.1) is 0 Å². The first-order valence-electron chi connectivity index (χ1n) is 16.5. The first-order valence-corrected chi connectivity index (χ1v) is 16.5. The van der Waals surface area contributed by atoms with E-state index in [9.17, 15) is 14.7 Å². The molecule has 6 heteroatoms. The molecule has 240 valence electrons. The van der Waals surface area contributed by atoms with Crippen LogP contribution in [0.1, 0.15) is 127 Å². The summed E-state index contributed by atoms with van der Waals surface area (Å²) in [7, 11) is 0. The SMILES string of the molecule is CC.CC.CC.CC(=O)c1cccc(-c2nc3cc(C(=O)O)ccc3n2C2CCCC2)c1.CCCCCOc1ccccc1. The van der Waals surface area contributed by atoms with Crippen molar-refractivity contribution in [1.29, 1.82) is 0 Å². The number of carboxylic acid groups (broad SMARTS) is 1. The topological polar surface area (TPSA) is 81.4 Å². The number of benzene rings is 3. The van der Waals surface area contributed by atoms with Crippen molar-refractivity contribution in [3.05, 3.63) is 83.9 Å². The third-order valence-corrected chi connectivity index (χ3v) is 6.91. The minimum atomic E-state index is -0.956. The van der Waals surface area contributed by atoms with Gasteiger partial charge in [-0.3, -0.25) is 4.79 Å². The lowest BCUT2D eigenvalue weighted by atomic mass is 10.1. The van der Waals surface area contributed by atoms with E-state index in [4.69, 9.17) is 9.72 Å². The number of carboxylic acids is 1. The van der Waals surface area contributed by atoms with E-state index in [1.165, 1.54) is 25.7 Å². The van der Waals surface area contributed by atoms with Gasteiger partial charge in [-0.05, 0) is 62.6 Å². The van der Waals surface area contributed by atoms with E-state index in [2.05, 4.69) is 11.5 Å². The van der Waals surface area contributed by atoms with E-state index in [0.29, 0.717) is 17.1 Å². The molecule has 0 atom stereocenters. The molecule has 4 aromatic rings. The number of para-hydroxylation sites is 1. The van der Waals surface area contributed by atoms with Crippen molar-refractivity contribution in [3.8, 4) is 17.1 Å². The zero-order valence-corrected chi connectivity index (χ0v) is 28.2. The molecular formula is C38H54N2O4. The van der Waals surface area contributed by atoms with Crippen LogP contribution in [0.3, 0.4) is 0 Å². The maximum Gasteiger partial charge on any atom is 0.335 e. The van der Waals surface area contributed by atoms with Crippen molar-refractivity contribution >= 4 is 22.8 Å². The summed E-state index contributed by atoms with van der Waals surface area (Å²) >= 11 is 0. The van der Waals surface area contributed by atoms with Crippen molar-refractivity contribution in [3.63, 3.8) is 0 Å². The Morgan fingerprint density at radius 2 is 1.50 bits per heavy atom. The summed E-state index contributed by atoms with van der Waals surface area (Å²) in [5.41, 5.74) is 3.40. The minimum Gasteiger partial charge on any atom is -0.494 e. The average molecular weight is 603 g/mol. The van der Waals surface area contributed by atoms with Gasteiger partial charge in [0.05, 0.1) is 23.2 Å². The molecule has 0 saturated heterocycles. The molecule has 1 fully saturated rings. The number of fused-ring (bicyclic) bond motifs is 1. The van der Waals surface area contributed by atoms with Crippen LogP contribution < -0.4 is 4.74 Å². The van der Waals surface area contributed by atoms with Gasteiger partial charge in [0.25, 0.3) is 0 Å². The molecule has 6 nitrogen and oxygen atoms in total. The fraction of sp³-hybridized carbons (Fsp3) is 0.447. The van der Waals surface area contributed by atoms with Gasteiger partial charge in [0.2, 0.25) is 0 Å². The Morgan fingerprint density at radius 1 is 0.841 bits per heavy atom. The molecule has 0 amide bonds. The fourth-order valence-corrected chi connectivity index (χ4v) is 4.90. The summed E-state index contributed by atoms with van der Waals surface area (Å²) in [6, 6.07) is 22.9. The number of nitrogens with zero attached hydrogens (tertiary/aromatic N) is 2. The predicted molar refractivity (Wildman–Crippen MR) is 185 cm³/mol. The highest BCUT2D eigenvalue weighted by Crippen LogP contribution is 2.37. The van der Waals surface area contributed by atoms with Crippen LogP contribution in [-0.4, -0.2) is 33.0 Å². The lowest BCUT2D eigenvalue weighted by Crippen LogP contribution is -2.07. The van der Waals surface area contributed by atoms with Crippen LogP contribution in [0.2, 0.25) is 0 Å². The van der Waals surface area contributed by atoms with Crippen LogP contribution in [0.15, 0.2) is 72.8 Å². The number of carbonyl (C=O) groups excluding carboxylic acids is 1. The predicted octanol–water partition coefficient (Wildman–Crippen LogP) is 11.1. The second-order valence-electron chi connectivity index (χ2n) is 9.76. The molecule has 0 spiro atoms. The summed E-state index contributed by atoms with van der Waals surface area (Å²) in [4.78, 5) is 27.8. The summed E-state index contributed by atoms with van der Waals surface area (Å²) < 4.78 is 7.74. The maximum absolute atomic E-state index is 11.8. The Morgan fingerprint density at radius 3 is 2.09 bits per heavy atom.